The number of anilines is 1. The van der Waals surface area contributed by atoms with Crippen LogP contribution in [0, 0.1) is 17.8 Å². The van der Waals surface area contributed by atoms with E-state index in [4.69, 9.17) is 5.11 Å². The molecule has 1 aromatic carbocycles. The number of rotatable bonds is 4. The highest BCUT2D eigenvalue weighted by atomic mass is 16.4. The molecule has 0 aromatic heterocycles. The van der Waals surface area contributed by atoms with Gasteiger partial charge >= 0.3 is 12.0 Å². The predicted molar refractivity (Wildman–Crippen MR) is 79.4 cm³/mol. The van der Waals surface area contributed by atoms with Crippen LogP contribution in [0.3, 0.4) is 0 Å². The van der Waals surface area contributed by atoms with E-state index in [0.717, 1.165) is 11.8 Å². The number of urea groups is 1. The molecule has 2 saturated carbocycles. The molecule has 2 aliphatic carbocycles. The number of nitrogens with one attached hydrogen (secondary N) is 2. The van der Waals surface area contributed by atoms with E-state index in [0.29, 0.717) is 18.2 Å². The number of amides is 2. The smallest absolute Gasteiger partial charge is 0.337 e. The second-order valence-corrected chi connectivity index (χ2v) is 6.12. The quantitative estimate of drug-likeness (QED) is 0.797. The molecule has 21 heavy (non-hydrogen) atoms. The van der Waals surface area contributed by atoms with Crippen molar-refractivity contribution in [2.24, 2.45) is 17.8 Å². The minimum Gasteiger partial charge on any atom is -0.478 e. The number of aromatic carboxylic acids is 1. The van der Waals surface area contributed by atoms with Crippen LogP contribution in [0.5, 0.6) is 0 Å². The van der Waals surface area contributed by atoms with Gasteiger partial charge in [-0.05, 0) is 49.1 Å². The standard InChI is InChI=1S/C16H20N2O3/c19-15(20)13-3-1-2-4-14(13)18-16(21)17-9-12-8-10-5-6-11(12)7-10/h1-4,10-12H,5-9H2,(H,19,20)(H2,17,18,21). The van der Waals surface area contributed by atoms with E-state index in [-0.39, 0.29) is 11.6 Å². The van der Waals surface area contributed by atoms with Gasteiger partial charge in [0.05, 0.1) is 11.3 Å². The number of benzene rings is 1. The minimum atomic E-state index is -1.04. The summed E-state index contributed by atoms with van der Waals surface area (Å²) in [6.45, 7) is 0.683. The van der Waals surface area contributed by atoms with Crippen molar-refractivity contribution in [2.75, 3.05) is 11.9 Å². The molecule has 0 radical (unpaired) electrons. The molecule has 3 unspecified atom stereocenters. The summed E-state index contributed by atoms with van der Waals surface area (Å²) in [5.74, 6) is 1.17. The number of carbonyl (C=O) groups is 2. The number of para-hydroxylation sites is 1. The van der Waals surface area contributed by atoms with Gasteiger partial charge in [0.2, 0.25) is 0 Å². The van der Waals surface area contributed by atoms with Gasteiger partial charge in [-0.15, -0.1) is 0 Å². The Hall–Kier alpha value is -2.04. The SMILES string of the molecule is O=C(NCC1CC2CCC1C2)Nc1ccccc1C(=O)O. The van der Waals surface area contributed by atoms with Gasteiger partial charge in [-0.2, -0.15) is 0 Å². The zero-order chi connectivity index (χ0) is 14.8. The van der Waals surface area contributed by atoms with Crippen molar-refractivity contribution >= 4 is 17.7 Å². The maximum atomic E-state index is 11.9. The Morgan fingerprint density at radius 2 is 2.00 bits per heavy atom. The van der Waals surface area contributed by atoms with E-state index in [9.17, 15) is 9.59 Å². The Kier molecular flexibility index (Phi) is 3.82. The van der Waals surface area contributed by atoms with Gasteiger partial charge in [0, 0.05) is 6.54 Å². The molecular weight excluding hydrogens is 268 g/mol. The molecule has 2 fully saturated rings. The van der Waals surface area contributed by atoms with Gasteiger partial charge in [-0.3, -0.25) is 0 Å². The van der Waals surface area contributed by atoms with E-state index < -0.39 is 5.97 Å². The number of hydrogen-bond acceptors (Lipinski definition) is 2. The van der Waals surface area contributed by atoms with Gasteiger partial charge in [-0.1, -0.05) is 18.6 Å². The topological polar surface area (TPSA) is 78.4 Å². The first-order chi connectivity index (χ1) is 10.1. The lowest BCUT2D eigenvalue weighted by Gasteiger charge is -2.22. The predicted octanol–water partition coefficient (Wildman–Crippen LogP) is 2.94. The summed E-state index contributed by atoms with van der Waals surface area (Å²) in [5.41, 5.74) is 0.433. The third-order valence-electron chi connectivity index (χ3n) is 4.82. The molecule has 0 saturated heterocycles. The van der Waals surface area contributed by atoms with Crippen LogP contribution in [0.1, 0.15) is 36.0 Å². The van der Waals surface area contributed by atoms with Crippen LogP contribution in [0.25, 0.3) is 0 Å². The van der Waals surface area contributed by atoms with E-state index >= 15 is 0 Å². The lowest BCUT2D eigenvalue weighted by molar-refractivity contribution is 0.0698. The van der Waals surface area contributed by atoms with Crippen LogP contribution in [0.15, 0.2) is 24.3 Å². The number of carboxylic acids is 1. The highest BCUT2D eigenvalue weighted by Gasteiger charge is 2.39. The Labute approximate surface area is 123 Å². The van der Waals surface area contributed by atoms with Crippen molar-refractivity contribution in [3.05, 3.63) is 29.8 Å². The Balaban J connectivity index is 1.54. The maximum Gasteiger partial charge on any atom is 0.337 e. The van der Waals surface area contributed by atoms with Crippen molar-refractivity contribution in [3.63, 3.8) is 0 Å². The Morgan fingerprint density at radius 1 is 1.19 bits per heavy atom. The zero-order valence-electron chi connectivity index (χ0n) is 11.8. The van der Waals surface area contributed by atoms with Crippen molar-refractivity contribution in [1.29, 1.82) is 0 Å². The summed E-state index contributed by atoms with van der Waals surface area (Å²) in [5, 5.41) is 14.6. The summed E-state index contributed by atoms with van der Waals surface area (Å²) in [6.07, 6.45) is 5.17. The normalized spacial score (nSPS) is 26.6. The van der Waals surface area contributed by atoms with Gasteiger partial charge in [0.1, 0.15) is 0 Å². The lowest BCUT2D eigenvalue weighted by Crippen LogP contribution is -2.35. The molecule has 2 bridgehead atoms. The van der Waals surface area contributed by atoms with E-state index in [1.54, 1.807) is 18.2 Å². The molecule has 3 N–H and O–H groups in total. The van der Waals surface area contributed by atoms with E-state index in [1.807, 2.05) is 0 Å². The average molecular weight is 288 g/mol. The number of hydrogen-bond donors (Lipinski definition) is 3. The molecule has 5 heteroatoms. The second kappa shape index (κ2) is 5.76. The molecule has 112 valence electrons. The fourth-order valence-corrected chi connectivity index (χ4v) is 3.80. The largest absolute Gasteiger partial charge is 0.478 e. The van der Waals surface area contributed by atoms with Crippen molar-refractivity contribution < 1.29 is 14.7 Å². The Bertz CT molecular complexity index is 558. The van der Waals surface area contributed by atoms with Crippen LogP contribution in [0.2, 0.25) is 0 Å². The highest BCUT2D eigenvalue weighted by Crippen LogP contribution is 2.47. The summed E-state index contributed by atoms with van der Waals surface area (Å²) < 4.78 is 0. The number of carboxylic acid groups (broad SMARTS) is 1. The van der Waals surface area contributed by atoms with Crippen molar-refractivity contribution in [2.45, 2.75) is 25.7 Å². The number of fused-ring (bicyclic) bond motifs is 2. The summed E-state index contributed by atoms with van der Waals surface area (Å²) in [7, 11) is 0. The first-order valence-electron chi connectivity index (χ1n) is 7.50. The molecular formula is C16H20N2O3. The van der Waals surface area contributed by atoms with Crippen LogP contribution in [0.4, 0.5) is 10.5 Å². The highest BCUT2D eigenvalue weighted by molar-refractivity contribution is 5.99. The molecule has 3 atom stereocenters. The third-order valence-corrected chi connectivity index (χ3v) is 4.82. The van der Waals surface area contributed by atoms with Gasteiger partial charge in [0.15, 0.2) is 0 Å². The fourth-order valence-electron chi connectivity index (χ4n) is 3.80. The molecule has 2 aliphatic rings. The average Bonchev–Trinajstić information content (AvgIpc) is 3.08. The first-order valence-corrected chi connectivity index (χ1v) is 7.50. The van der Waals surface area contributed by atoms with E-state index in [1.165, 1.54) is 31.7 Å². The van der Waals surface area contributed by atoms with Crippen LogP contribution >= 0.6 is 0 Å². The van der Waals surface area contributed by atoms with Gasteiger partial charge in [0.25, 0.3) is 0 Å². The molecule has 0 heterocycles. The second-order valence-electron chi connectivity index (χ2n) is 6.12. The van der Waals surface area contributed by atoms with Crippen LogP contribution in [-0.2, 0) is 0 Å². The maximum absolute atomic E-state index is 11.9. The Morgan fingerprint density at radius 3 is 2.67 bits per heavy atom. The molecule has 3 rings (SSSR count). The third kappa shape index (κ3) is 3.01. The first kappa shape index (κ1) is 13.9. The zero-order valence-corrected chi connectivity index (χ0v) is 11.8. The summed E-state index contributed by atoms with van der Waals surface area (Å²) in [4.78, 5) is 23.0. The summed E-state index contributed by atoms with van der Waals surface area (Å²) in [6, 6.07) is 6.10. The fraction of sp³-hybridized carbons (Fsp3) is 0.500. The molecule has 0 spiro atoms. The van der Waals surface area contributed by atoms with Crippen molar-refractivity contribution in [1.82, 2.24) is 5.32 Å². The van der Waals surface area contributed by atoms with Gasteiger partial charge in [-0.25, -0.2) is 9.59 Å². The van der Waals surface area contributed by atoms with Crippen LogP contribution < -0.4 is 10.6 Å². The molecule has 1 aromatic rings. The van der Waals surface area contributed by atoms with E-state index in [2.05, 4.69) is 10.6 Å². The summed E-state index contributed by atoms with van der Waals surface area (Å²) >= 11 is 0. The van der Waals surface area contributed by atoms with Gasteiger partial charge < -0.3 is 15.7 Å². The molecule has 5 nitrogen and oxygen atoms in total. The lowest BCUT2D eigenvalue weighted by atomic mass is 9.89. The minimum absolute atomic E-state index is 0.104. The molecule has 0 aliphatic heterocycles. The molecule has 2 amide bonds. The number of carbonyl (C=O) groups excluding carboxylic acids is 1. The monoisotopic (exact) mass is 288 g/mol. The van der Waals surface area contributed by atoms with Crippen molar-refractivity contribution in [3.8, 4) is 0 Å². The van der Waals surface area contributed by atoms with Crippen LogP contribution in [-0.4, -0.2) is 23.7 Å².